The van der Waals surface area contributed by atoms with Gasteiger partial charge in [0.2, 0.25) is 0 Å². The van der Waals surface area contributed by atoms with Crippen LogP contribution in [0.4, 0.5) is 17.3 Å². The van der Waals surface area contributed by atoms with Crippen molar-refractivity contribution in [3.05, 3.63) is 0 Å². The van der Waals surface area contributed by atoms with Gasteiger partial charge in [0.1, 0.15) is 13.1 Å². The molecule has 0 rings (SSSR count). The quantitative estimate of drug-likeness (QED) is 0.0200. The number of carbonyl (C=O) groups is 1. The molecule has 0 aromatic heterocycles. The van der Waals surface area contributed by atoms with Gasteiger partial charge in [-0.15, -0.1) is 0 Å². The predicted molar refractivity (Wildman–Crippen MR) is 416 cm³/mol. The van der Waals surface area contributed by atoms with Crippen molar-refractivity contribution in [2.45, 2.75) is 445 Å². The van der Waals surface area contributed by atoms with Gasteiger partial charge in [0.25, 0.3) is 0 Å². The summed E-state index contributed by atoms with van der Waals surface area (Å²) < 4.78 is 47.6. The summed E-state index contributed by atoms with van der Waals surface area (Å²) in [6, 6.07) is 0. The largest absolute Gasteiger partial charge is 0.673 e. The van der Waals surface area contributed by atoms with Crippen LogP contribution in [0.25, 0.3) is 0 Å². The Morgan fingerprint density at radius 1 is 0.284 bits per heavy atom. The van der Waals surface area contributed by atoms with Gasteiger partial charge in [-0.1, -0.05) is 394 Å². The van der Waals surface area contributed by atoms with Crippen LogP contribution in [0, 0.1) is 0 Å². The number of carbonyl (C=O) groups excluding carboxylic acids is 1. The lowest BCUT2D eigenvalue weighted by Gasteiger charge is -2.42. The van der Waals surface area contributed by atoms with Crippen LogP contribution < -0.4 is 0 Å². The van der Waals surface area contributed by atoms with E-state index in [-0.39, 0.29) is 12.1 Å². The van der Waals surface area contributed by atoms with E-state index < -0.39 is 7.25 Å². The molecule has 0 aliphatic rings. The van der Waals surface area contributed by atoms with Crippen molar-refractivity contribution < 1.29 is 35.8 Å². The van der Waals surface area contributed by atoms with Gasteiger partial charge in [-0.3, -0.25) is 4.79 Å². The summed E-state index contributed by atoms with van der Waals surface area (Å²) in [5, 5.41) is 0. The molecule has 0 bridgehead atoms. The SMILES string of the molecule is CCCCCCCCCCCCCCCCCCN(C)CC[N+](C)(CCCCCCCCCCCCCCCCCC)CC(C[N+](C)(CCCCCCCCCCCCCCCCCC)CCN(C)CCCCCCCCCCCCCCCCC)OC(C)=O.F[B-](F)(F)F. The van der Waals surface area contributed by atoms with Gasteiger partial charge in [-0.05, 0) is 65.7 Å². The number of quaternary nitrogens is 2. The summed E-state index contributed by atoms with van der Waals surface area (Å²) in [7, 11) is 3.84. The number of unbranched alkanes of at least 4 members (excludes halogenated alkanes) is 59. The second-order valence-electron chi connectivity index (χ2n) is 31.7. The summed E-state index contributed by atoms with van der Waals surface area (Å²) in [5.41, 5.74) is 0. The average Bonchev–Trinajstić information content (AvgIpc) is 0.880. The highest BCUT2D eigenvalue weighted by molar-refractivity contribution is 6.50. The van der Waals surface area contributed by atoms with E-state index in [4.69, 9.17) is 4.74 Å². The zero-order valence-corrected chi connectivity index (χ0v) is 66.4. The van der Waals surface area contributed by atoms with Crippen molar-refractivity contribution in [1.29, 1.82) is 0 Å². The van der Waals surface area contributed by atoms with Crippen LogP contribution in [0.15, 0.2) is 0 Å². The second kappa shape index (κ2) is 74.3. The van der Waals surface area contributed by atoms with Crippen molar-refractivity contribution in [3.8, 4) is 0 Å². The molecule has 0 saturated heterocycles. The number of ether oxygens (including phenoxy) is 1. The van der Waals surface area contributed by atoms with Crippen LogP contribution in [-0.2, 0) is 9.53 Å². The first-order chi connectivity index (χ1) is 46.0. The van der Waals surface area contributed by atoms with E-state index in [0.29, 0.717) is 0 Å². The van der Waals surface area contributed by atoms with Crippen molar-refractivity contribution >= 4 is 13.2 Å². The summed E-state index contributed by atoms with van der Waals surface area (Å²) >= 11 is 0. The molecule has 572 valence electrons. The molecule has 0 heterocycles. The third kappa shape index (κ3) is 80.3. The van der Waals surface area contributed by atoms with Crippen LogP contribution in [0.1, 0.15) is 439 Å². The highest BCUT2D eigenvalue weighted by Crippen LogP contribution is 2.22. The number of esters is 1. The van der Waals surface area contributed by atoms with Crippen LogP contribution >= 0.6 is 0 Å². The lowest BCUT2D eigenvalue weighted by molar-refractivity contribution is -0.932. The maximum Gasteiger partial charge on any atom is 0.673 e. The third-order valence-electron chi connectivity index (χ3n) is 21.3. The number of hydrogen-bond acceptors (Lipinski definition) is 4. The first kappa shape index (κ1) is 96.1. The van der Waals surface area contributed by atoms with Gasteiger partial charge in [-0.25, -0.2) is 0 Å². The molecule has 0 aromatic carbocycles. The standard InChI is InChI=1S/C84H174N4O2.BF4/c1-10-14-18-22-26-30-34-38-42-46-50-54-58-62-66-70-74-86(7)76-80-88(9,78-72-68-64-60-56-52-48-44-40-36-32-28-24-20-16-12-3)82-84(90-83(5)89)81-87(8,77-71-67-63-59-55-51-47-43-39-35-31-27-23-19-15-11-2)79-75-85(6)73-69-65-61-57-53-49-45-41-37-33-29-25-21-17-13-4;2-1(3,4)5/h84H,10-82H2,1-9H3;/q+2;-1. The van der Waals surface area contributed by atoms with E-state index in [1.807, 2.05) is 0 Å². The van der Waals surface area contributed by atoms with Crippen LogP contribution in [0.3, 0.4) is 0 Å². The van der Waals surface area contributed by atoms with E-state index in [2.05, 4.69) is 65.7 Å². The van der Waals surface area contributed by atoms with Crippen molar-refractivity contribution in [2.24, 2.45) is 0 Å². The maximum absolute atomic E-state index is 13.2. The molecule has 0 saturated carbocycles. The number of rotatable bonds is 78. The molecule has 0 N–H and O–H groups in total. The minimum atomic E-state index is -6.00. The Balaban J connectivity index is 0. The predicted octanol–water partition coefficient (Wildman–Crippen LogP) is 27.6. The van der Waals surface area contributed by atoms with Crippen LogP contribution in [0.2, 0.25) is 0 Å². The van der Waals surface area contributed by atoms with E-state index in [1.165, 1.54) is 431 Å². The molecule has 0 aliphatic carbocycles. The molecule has 0 spiro atoms. The highest BCUT2D eigenvalue weighted by Gasteiger charge is 2.35. The fraction of sp³-hybridized carbons (Fsp3) is 0.988. The number of nitrogens with zero attached hydrogens (tertiary/aromatic N) is 4. The van der Waals surface area contributed by atoms with Gasteiger partial charge < -0.3 is 40.8 Å². The normalized spacial score (nSPS) is 13.6. The first-order valence-electron chi connectivity index (χ1n) is 43.1. The third-order valence-corrected chi connectivity index (χ3v) is 21.3. The fourth-order valence-corrected chi connectivity index (χ4v) is 14.8. The Morgan fingerprint density at radius 2 is 0.442 bits per heavy atom. The Kier molecular flexibility index (Phi) is 75.2. The van der Waals surface area contributed by atoms with Gasteiger partial charge in [0, 0.05) is 20.0 Å². The van der Waals surface area contributed by atoms with Crippen LogP contribution in [0.5, 0.6) is 0 Å². The summed E-state index contributed by atoms with van der Waals surface area (Å²) in [6.07, 6.45) is 89.1. The number of halogens is 4. The summed E-state index contributed by atoms with van der Waals surface area (Å²) in [5.74, 6) is -0.0891. The van der Waals surface area contributed by atoms with E-state index in [9.17, 15) is 22.1 Å². The number of likely N-dealkylation sites (N-methyl/N-ethyl adjacent to an activating group) is 4. The van der Waals surface area contributed by atoms with Gasteiger partial charge in [0.05, 0.1) is 40.3 Å². The summed E-state index contributed by atoms with van der Waals surface area (Å²) in [6.45, 7) is 22.1. The van der Waals surface area contributed by atoms with E-state index >= 15 is 0 Å². The molecule has 0 amide bonds. The van der Waals surface area contributed by atoms with Gasteiger partial charge in [-0.2, -0.15) is 0 Å². The van der Waals surface area contributed by atoms with E-state index in [0.717, 1.165) is 48.2 Å². The zero-order chi connectivity index (χ0) is 70.1. The van der Waals surface area contributed by atoms with E-state index in [1.54, 1.807) is 6.92 Å². The van der Waals surface area contributed by atoms with Gasteiger partial charge >= 0.3 is 13.2 Å². The Hall–Kier alpha value is -0.905. The minimum Gasteiger partial charge on any atom is -0.450 e. The molecular formula is C84H174BF4N4O2+. The Morgan fingerprint density at radius 3 is 0.611 bits per heavy atom. The molecule has 95 heavy (non-hydrogen) atoms. The second-order valence-corrected chi connectivity index (χ2v) is 31.7. The molecule has 6 nitrogen and oxygen atoms in total. The topological polar surface area (TPSA) is 32.8 Å². The lowest BCUT2D eigenvalue weighted by Crippen LogP contribution is -2.59. The molecular weight excluding hydrogens is 1180 g/mol. The smallest absolute Gasteiger partial charge is 0.450 e. The zero-order valence-electron chi connectivity index (χ0n) is 66.4. The Labute approximate surface area is 594 Å². The lowest BCUT2D eigenvalue weighted by atomic mass is 10.0. The molecule has 0 aliphatic heterocycles. The van der Waals surface area contributed by atoms with Crippen molar-refractivity contribution in [1.82, 2.24) is 9.80 Å². The molecule has 0 fully saturated rings. The maximum atomic E-state index is 13.2. The first-order valence-corrected chi connectivity index (χ1v) is 43.1. The molecule has 11 heteroatoms. The number of hydrogen-bond donors (Lipinski definition) is 0. The van der Waals surface area contributed by atoms with Gasteiger partial charge in [0.15, 0.2) is 6.10 Å². The molecule has 3 atom stereocenters. The Bertz CT molecular complexity index is 1490. The molecule has 0 aromatic rings. The van der Waals surface area contributed by atoms with Crippen molar-refractivity contribution in [2.75, 3.05) is 93.6 Å². The highest BCUT2D eigenvalue weighted by atomic mass is 19.5. The fourth-order valence-electron chi connectivity index (χ4n) is 14.8. The summed E-state index contributed by atoms with van der Waals surface area (Å²) in [4.78, 5) is 18.5. The average molecular weight is 1360 g/mol. The van der Waals surface area contributed by atoms with Crippen molar-refractivity contribution in [3.63, 3.8) is 0 Å². The molecule has 3 unspecified atom stereocenters. The van der Waals surface area contributed by atoms with Crippen LogP contribution in [-0.4, -0.2) is 132 Å². The minimum absolute atomic E-state index is 0.0638. The molecule has 0 radical (unpaired) electrons. The monoisotopic (exact) mass is 1360 g/mol.